The molecule has 0 bridgehead atoms. The summed E-state index contributed by atoms with van der Waals surface area (Å²) in [4.78, 5) is 3.85. The Kier molecular flexibility index (Phi) is 3.17. The first-order chi connectivity index (χ1) is 5.65. The van der Waals surface area contributed by atoms with E-state index in [9.17, 15) is 5.11 Å². The molecular formula is C6H5BrN2O2S. The van der Waals surface area contributed by atoms with E-state index < -0.39 is 12.2 Å². The van der Waals surface area contributed by atoms with Crippen LogP contribution < -0.4 is 0 Å². The van der Waals surface area contributed by atoms with Crippen LogP contribution in [0.15, 0.2) is 9.98 Å². The van der Waals surface area contributed by atoms with Gasteiger partial charge in [0.2, 0.25) is 0 Å². The van der Waals surface area contributed by atoms with Crippen molar-refractivity contribution in [2.75, 3.05) is 0 Å². The number of rotatable bonds is 2. The minimum atomic E-state index is -1.41. The van der Waals surface area contributed by atoms with E-state index in [0.29, 0.717) is 9.61 Å². The second-order valence-corrected chi connectivity index (χ2v) is 3.73. The van der Waals surface area contributed by atoms with Crippen LogP contribution in [0.3, 0.4) is 0 Å². The van der Waals surface area contributed by atoms with E-state index in [4.69, 9.17) is 10.4 Å². The highest BCUT2D eigenvalue weighted by Crippen LogP contribution is 2.23. The van der Waals surface area contributed by atoms with Crippen LogP contribution in [-0.2, 0) is 0 Å². The van der Waals surface area contributed by atoms with Crippen molar-refractivity contribution in [2.24, 2.45) is 0 Å². The average Bonchev–Trinajstić information content (AvgIpc) is 2.49. The summed E-state index contributed by atoms with van der Waals surface area (Å²) in [6.45, 7) is 0. The Balaban J connectivity index is 2.79. The van der Waals surface area contributed by atoms with Gasteiger partial charge in [0, 0.05) is 5.38 Å². The van der Waals surface area contributed by atoms with Gasteiger partial charge >= 0.3 is 0 Å². The average molecular weight is 249 g/mol. The topological polar surface area (TPSA) is 77.1 Å². The molecule has 0 fully saturated rings. The molecule has 12 heavy (non-hydrogen) atoms. The largest absolute Gasteiger partial charge is 0.382 e. The van der Waals surface area contributed by atoms with E-state index in [-0.39, 0.29) is 0 Å². The van der Waals surface area contributed by atoms with Crippen LogP contribution in [0.5, 0.6) is 0 Å². The van der Waals surface area contributed by atoms with Gasteiger partial charge in [-0.3, -0.25) is 0 Å². The third-order valence-corrected chi connectivity index (χ3v) is 2.80. The van der Waals surface area contributed by atoms with Gasteiger partial charge in [0.15, 0.2) is 6.10 Å². The predicted molar refractivity (Wildman–Crippen MR) is 46.4 cm³/mol. The van der Waals surface area contributed by atoms with E-state index in [1.807, 2.05) is 0 Å². The molecule has 0 aliphatic heterocycles. The molecule has 0 saturated carbocycles. The summed E-state index contributed by atoms with van der Waals surface area (Å²) in [6.07, 6.45) is -2.63. The molecule has 2 atom stereocenters. The molecule has 0 aliphatic rings. The van der Waals surface area contributed by atoms with Crippen molar-refractivity contribution in [3.05, 3.63) is 15.0 Å². The van der Waals surface area contributed by atoms with Crippen molar-refractivity contribution < 1.29 is 10.2 Å². The van der Waals surface area contributed by atoms with Gasteiger partial charge in [-0.1, -0.05) is 0 Å². The van der Waals surface area contributed by atoms with Crippen molar-refractivity contribution in [1.29, 1.82) is 5.26 Å². The van der Waals surface area contributed by atoms with Crippen molar-refractivity contribution in [3.8, 4) is 6.07 Å². The minimum absolute atomic E-state index is 0.330. The molecule has 64 valence electrons. The Bertz CT molecular complexity index is 309. The maximum Gasteiger partial charge on any atom is 0.172 e. The Morgan fingerprint density at radius 3 is 2.75 bits per heavy atom. The van der Waals surface area contributed by atoms with Gasteiger partial charge in [-0.2, -0.15) is 5.26 Å². The summed E-state index contributed by atoms with van der Waals surface area (Å²) >= 11 is 4.28. The van der Waals surface area contributed by atoms with Crippen molar-refractivity contribution in [1.82, 2.24) is 4.98 Å². The zero-order valence-electron chi connectivity index (χ0n) is 5.81. The molecule has 1 aromatic heterocycles. The fourth-order valence-electron chi connectivity index (χ4n) is 0.608. The molecular weight excluding hydrogens is 244 g/mol. The lowest BCUT2D eigenvalue weighted by Gasteiger charge is -2.06. The lowest BCUT2D eigenvalue weighted by Crippen LogP contribution is -2.15. The SMILES string of the molecule is N#CC(O)C(O)c1nc(Br)cs1. The molecule has 1 heterocycles. The lowest BCUT2D eigenvalue weighted by atomic mass is 10.2. The summed E-state index contributed by atoms with van der Waals surface area (Å²) < 4.78 is 0.590. The first-order valence-corrected chi connectivity index (χ1v) is 4.69. The Hall–Kier alpha value is -0.480. The molecule has 2 N–H and O–H groups in total. The highest BCUT2D eigenvalue weighted by Gasteiger charge is 2.20. The van der Waals surface area contributed by atoms with Crippen LogP contribution in [0.2, 0.25) is 0 Å². The fraction of sp³-hybridized carbons (Fsp3) is 0.333. The number of nitriles is 1. The van der Waals surface area contributed by atoms with E-state index in [1.165, 1.54) is 17.4 Å². The third-order valence-electron chi connectivity index (χ3n) is 1.18. The van der Waals surface area contributed by atoms with Gasteiger partial charge in [-0.05, 0) is 15.9 Å². The predicted octanol–water partition coefficient (Wildman–Crippen LogP) is 0.823. The lowest BCUT2D eigenvalue weighted by molar-refractivity contribution is 0.0525. The number of hydrogen-bond acceptors (Lipinski definition) is 5. The first kappa shape index (κ1) is 9.61. The molecule has 0 aliphatic carbocycles. The molecule has 0 aromatic carbocycles. The molecule has 0 saturated heterocycles. The molecule has 4 nitrogen and oxygen atoms in total. The molecule has 0 spiro atoms. The summed E-state index contributed by atoms with van der Waals surface area (Å²) in [5.41, 5.74) is 0. The monoisotopic (exact) mass is 248 g/mol. The van der Waals surface area contributed by atoms with Gasteiger partial charge in [0.05, 0.1) is 6.07 Å². The maximum absolute atomic E-state index is 9.26. The maximum atomic E-state index is 9.26. The van der Waals surface area contributed by atoms with E-state index in [0.717, 1.165) is 0 Å². The number of hydrogen-bond donors (Lipinski definition) is 2. The molecule has 0 radical (unpaired) electrons. The van der Waals surface area contributed by atoms with Crippen molar-refractivity contribution in [2.45, 2.75) is 12.2 Å². The van der Waals surface area contributed by atoms with Crippen LogP contribution in [0, 0.1) is 11.3 Å². The van der Waals surface area contributed by atoms with Crippen LogP contribution in [0.25, 0.3) is 0 Å². The number of aliphatic hydroxyl groups excluding tert-OH is 2. The summed E-state index contributed by atoms with van der Waals surface area (Å²) in [6, 6.07) is 1.53. The van der Waals surface area contributed by atoms with Crippen molar-refractivity contribution in [3.63, 3.8) is 0 Å². The molecule has 1 aromatic rings. The standard InChI is InChI=1S/C6H5BrN2O2S/c7-4-2-12-6(9-4)5(11)3(10)1-8/h2-3,5,10-11H. The van der Waals surface area contributed by atoms with Gasteiger partial charge < -0.3 is 10.2 Å². The van der Waals surface area contributed by atoms with E-state index in [1.54, 1.807) is 5.38 Å². The Labute approximate surface area is 81.2 Å². The van der Waals surface area contributed by atoms with E-state index in [2.05, 4.69) is 20.9 Å². The highest BCUT2D eigenvalue weighted by atomic mass is 79.9. The number of halogens is 1. The molecule has 0 amide bonds. The summed E-state index contributed by atoms with van der Waals surface area (Å²) in [7, 11) is 0. The normalized spacial score (nSPS) is 15.2. The number of thiazole rings is 1. The van der Waals surface area contributed by atoms with Gasteiger partial charge in [-0.15, -0.1) is 11.3 Å². The second-order valence-electron chi connectivity index (χ2n) is 2.03. The van der Waals surface area contributed by atoms with Crippen LogP contribution in [0.1, 0.15) is 11.1 Å². The zero-order valence-corrected chi connectivity index (χ0v) is 8.21. The van der Waals surface area contributed by atoms with Gasteiger partial charge in [-0.25, -0.2) is 4.98 Å². The number of nitrogens with zero attached hydrogens (tertiary/aromatic N) is 2. The zero-order chi connectivity index (χ0) is 9.14. The molecule has 1 rings (SSSR count). The second kappa shape index (κ2) is 3.96. The summed E-state index contributed by atoms with van der Waals surface area (Å²) in [5.74, 6) is 0. The third kappa shape index (κ3) is 2.01. The van der Waals surface area contributed by atoms with Crippen LogP contribution in [-0.4, -0.2) is 21.3 Å². The fourth-order valence-corrected chi connectivity index (χ4v) is 1.89. The first-order valence-electron chi connectivity index (χ1n) is 3.02. The Morgan fingerprint density at radius 2 is 2.33 bits per heavy atom. The van der Waals surface area contributed by atoms with Gasteiger partial charge in [0.1, 0.15) is 15.7 Å². The number of aromatic nitrogens is 1. The highest BCUT2D eigenvalue weighted by molar-refractivity contribution is 9.10. The minimum Gasteiger partial charge on any atom is -0.382 e. The quantitative estimate of drug-likeness (QED) is 0.761. The van der Waals surface area contributed by atoms with Crippen molar-refractivity contribution >= 4 is 27.3 Å². The van der Waals surface area contributed by atoms with Crippen LogP contribution in [0.4, 0.5) is 0 Å². The summed E-state index contributed by atoms with van der Waals surface area (Å²) in [5, 5.41) is 28.5. The van der Waals surface area contributed by atoms with Crippen LogP contribution >= 0.6 is 27.3 Å². The smallest absolute Gasteiger partial charge is 0.172 e. The number of aliphatic hydroxyl groups is 2. The Morgan fingerprint density at radius 1 is 1.67 bits per heavy atom. The van der Waals surface area contributed by atoms with Gasteiger partial charge in [0.25, 0.3) is 0 Å². The molecule has 6 heteroatoms. The molecule has 2 unspecified atom stereocenters. The van der Waals surface area contributed by atoms with E-state index >= 15 is 0 Å².